The Bertz CT molecular complexity index is 794. The first-order chi connectivity index (χ1) is 12.0. The lowest BCUT2D eigenvalue weighted by molar-refractivity contribution is -0.384. The van der Waals surface area contributed by atoms with Crippen LogP contribution < -0.4 is 5.43 Å². The number of benzene rings is 2. The Balaban J connectivity index is 1.81. The number of nitrogens with zero attached hydrogens (tertiary/aromatic N) is 2. The van der Waals surface area contributed by atoms with Crippen molar-refractivity contribution in [2.75, 3.05) is 5.75 Å². The largest absolute Gasteiger partial charge is 0.272 e. The number of hydrogen-bond acceptors (Lipinski definition) is 5. The van der Waals surface area contributed by atoms with Gasteiger partial charge in [0.15, 0.2) is 0 Å². The first kappa shape index (κ1) is 19.1. The summed E-state index contributed by atoms with van der Waals surface area (Å²) in [5, 5.41) is 14.7. The summed E-state index contributed by atoms with van der Waals surface area (Å²) >= 11 is 4.91. The lowest BCUT2D eigenvalue weighted by Gasteiger charge is -2.04. The van der Waals surface area contributed by atoms with Crippen LogP contribution in [0.25, 0.3) is 0 Å². The van der Waals surface area contributed by atoms with Gasteiger partial charge in [-0.3, -0.25) is 14.9 Å². The van der Waals surface area contributed by atoms with E-state index in [1.54, 1.807) is 19.1 Å². The minimum Gasteiger partial charge on any atom is -0.272 e. The molecule has 1 amide bonds. The second-order valence-corrected chi connectivity index (χ2v) is 7.06. The highest BCUT2D eigenvalue weighted by atomic mass is 79.9. The Kier molecular flexibility index (Phi) is 7.15. The van der Waals surface area contributed by atoms with Crippen molar-refractivity contribution >= 4 is 45.0 Å². The van der Waals surface area contributed by atoms with Gasteiger partial charge in [0.1, 0.15) is 0 Å². The summed E-state index contributed by atoms with van der Waals surface area (Å²) < 4.78 is 1.01. The van der Waals surface area contributed by atoms with Crippen LogP contribution in [-0.4, -0.2) is 22.3 Å². The van der Waals surface area contributed by atoms with E-state index in [1.807, 2.05) is 24.3 Å². The molecule has 0 spiro atoms. The first-order valence-corrected chi connectivity index (χ1v) is 9.30. The van der Waals surface area contributed by atoms with Crippen molar-refractivity contribution in [3.05, 3.63) is 74.2 Å². The van der Waals surface area contributed by atoms with Crippen LogP contribution in [0.1, 0.15) is 18.1 Å². The molecule has 2 aromatic carbocycles. The molecule has 0 atom stereocenters. The molecule has 0 unspecified atom stereocenters. The summed E-state index contributed by atoms with van der Waals surface area (Å²) in [7, 11) is 0. The maximum Gasteiger partial charge on any atom is 0.269 e. The summed E-state index contributed by atoms with van der Waals surface area (Å²) in [6.45, 7) is 1.73. The van der Waals surface area contributed by atoms with Gasteiger partial charge in [-0.1, -0.05) is 28.1 Å². The molecular formula is C17H16BrN3O3S. The van der Waals surface area contributed by atoms with E-state index in [9.17, 15) is 14.9 Å². The van der Waals surface area contributed by atoms with E-state index < -0.39 is 4.92 Å². The molecule has 0 heterocycles. The highest BCUT2D eigenvalue weighted by Crippen LogP contribution is 2.17. The number of nitrogens with one attached hydrogen (secondary N) is 1. The van der Waals surface area contributed by atoms with Crippen LogP contribution in [0.15, 0.2) is 58.1 Å². The van der Waals surface area contributed by atoms with Gasteiger partial charge in [0.05, 0.1) is 16.4 Å². The lowest BCUT2D eigenvalue weighted by Crippen LogP contribution is -2.21. The highest BCUT2D eigenvalue weighted by molar-refractivity contribution is 9.10. The Morgan fingerprint density at radius 2 is 2.00 bits per heavy atom. The quantitative estimate of drug-likeness (QED) is 0.413. The summed E-state index contributed by atoms with van der Waals surface area (Å²) in [5.41, 5.74) is 4.95. The van der Waals surface area contributed by atoms with Crippen molar-refractivity contribution in [3.63, 3.8) is 0 Å². The van der Waals surface area contributed by atoms with Crippen LogP contribution >= 0.6 is 27.7 Å². The number of hydrogen-bond donors (Lipinski definition) is 1. The monoisotopic (exact) mass is 421 g/mol. The molecule has 0 saturated carbocycles. The fourth-order valence-corrected chi connectivity index (χ4v) is 3.17. The smallest absolute Gasteiger partial charge is 0.269 e. The van der Waals surface area contributed by atoms with Crippen molar-refractivity contribution in [2.45, 2.75) is 12.7 Å². The van der Waals surface area contributed by atoms with Crippen LogP contribution in [0.2, 0.25) is 0 Å². The molecule has 0 aliphatic carbocycles. The Morgan fingerprint density at radius 1 is 1.28 bits per heavy atom. The van der Waals surface area contributed by atoms with Gasteiger partial charge in [-0.25, -0.2) is 5.43 Å². The summed E-state index contributed by atoms with van der Waals surface area (Å²) in [5.74, 6) is 0.836. The average Bonchev–Trinajstić information content (AvgIpc) is 2.60. The van der Waals surface area contributed by atoms with Crippen molar-refractivity contribution in [3.8, 4) is 0 Å². The number of amides is 1. The molecule has 0 fully saturated rings. The van der Waals surface area contributed by atoms with Crippen LogP contribution in [0, 0.1) is 10.1 Å². The fourth-order valence-electron chi connectivity index (χ4n) is 1.96. The van der Waals surface area contributed by atoms with Gasteiger partial charge in [-0.05, 0) is 42.3 Å². The standard InChI is InChI=1S/C17H16BrN3O3S/c1-12(14-5-7-16(8-6-14)21(23)24)19-20-17(22)11-25-10-13-3-2-4-15(18)9-13/h2-9H,10-11H2,1H3,(H,20,22)/b19-12-. The predicted octanol–water partition coefficient (Wildman–Crippen LogP) is 4.13. The van der Waals surface area contributed by atoms with Gasteiger partial charge in [-0.15, -0.1) is 11.8 Å². The average molecular weight is 422 g/mol. The molecule has 2 rings (SSSR count). The number of nitro benzene ring substituents is 1. The Hall–Kier alpha value is -2.19. The van der Waals surface area contributed by atoms with Crippen molar-refractivity contribution in [1.29, 1.82) is 0 Å². The Morgan fingerprint density at radius 3 is 2.64 bits per heavy atom. The SMILES string of the molecule is C/C(=N/NC(=O)CSCc1cccc(Br)c1)c1ccc([N+](=O)[O-])cc1. The summed E-state index contributed by atoms with van der Waals surface area (Å²) in [6.07, 6.45) is 0. The van der Waals surface area contributed by atoms with E-state index >= 15 is 0 Å². The third-order valence-electron chi connectivity index (χ3n) is 3.24. The molecule has 1 N–H and O–H groups in total. The summed E-state index contributed by atoms with van der Waals surface area (Å²) in [4.78, 5) is 22.0. The zero-order chi connectivity index (χ0) is 18.2. The van der Waals surface area contributed by atoms with E-state index in [0.717, 1.165) is 15.8 Å². The van der Waals surface area contributed by atoms with Gasteiger partial charge >= 0.3 is 0 Å². The van der Waals surface area contributed by atoms with E-state index in [0.29, 0.717) is 17.0 Å². The third-order valence-corrected chi connectivity index (χ3v) is 4.73. The third kappa shape index (κ3) is 6.32. The van der Waals surface area contributed by atoms with Gasteiger partial charge in [0.25, 0.3) is 5.69 Å². The normalized spacial score (nSPS) is 11.2. The van der Waals surface area contributed by atoms with Gasteiger partial charge < -0.3 is 0 Å². The molecule has 0 aromatic heterocycles. The van der Waals surface area contributed by atoms with E-state index in [2.05, 4.69) is 26.5 Å². The molecule has 25 heavy (non-hydrogen) atoms. The molecule has 0 aliphatic rings. The highest BCUT2D eigenvalue weighted by Gasteiger charge is 2.06. The molecule has 2 aromatic rings. The predicted molar refractivity (Wildman–Crippen MR) is 104 cm³/mol. The number of hydrazone groups is 1. The minimum atomic E-state index is -0.458. The molecular weight excluding hydrogens is 406 g/mol. The van der Waals surface area contributed by atoms with Gasteiger partial charge in [-0.2, -0.15) is 5.10 Å². The number of nitro groups is 1. The number of rotatable bonds is 7. The van der Waals surface area contributed by atoms with Crippen molar-refractivity contribution < 1.29 is 9.72 Å². The molecule has 0 aliphatic heterocycles. The van der Waals surface area contributed by atoms with Crippen LogP contribution in [0.3, 0.4) is 0 Å². The second-order valence-electron chi connectivity index (χ2n) is 5.16. The maximum absolute atomic E-state index is 11.8. The molecule has 130 valence electrons. The van der Waals surface area contributed by atoms with Crippen molar-refractivity contribution in [1.82, 2.24) is 5.43 Å². The number of carbonyl (C=O) groups is 1. The maximum atomic E-state index is 11.8. The van der Waals surface area contributed by atoms with Gasteiger partial charge in [0.2, 0.25) is 5.91 Å². The molecule has 8 heteroatoms. The van der Waals surface area contributed by atoms with Gasteiger partial charge in [0, 0.05) is 22.4 Å². The van der Waals surface area contributed by atoms with E-state index in [1.165, 1.54) is 23.9 Å². The molecule has 0 radical (unpaired) electrons. The topological polar surface area (TPSA) is 84.6 Å². The lowest BCUT2D eigenvalue weighted by atomic mass is 10.1. The number of carbonyl (C=O) groups excluding carboxylic acids is 1. The van der Waals surface area contributed by atoms with Crippen LogP contribution in [0.4, 0.5) is 5.69 Å². The first-order valence-electron chi connectivity index (χ1n) is 7.36. The summed E-state index contributed by atoms with van der Waals surface area (Å²) in [6, 6.07) is 14.0. The molecule has 0 bridgehead atoms. The van der Waals surface area contributed by atoms with Crippen molar-refractivity contribution in [2.24, 2.45) is 5.10 Å². The zero-order valence-electron chi connectivity index (χ0n) is 13.4. The van der Waals surface area contributed by atoms with E-state index in [4.69, 9.17) is 0 Å². The molecule has 0 saturated heterocycles. The van der Waals surface area contributed by atoms with Crippen LogP contribution in [-0.2, 0) is 10.5 Å². The zero-order valence-corrected chi connectivity index (χ0v) is 15.8. The Labute approximate surface area is 158 Å². The number of non-ortho nitro benzene ring substituents is 1. The molecule has 6 nitrogen and oxygen atoms in total. The minimum absolute atomic E-state index is 0.0181. The number of halogens is 1. The van der Waals surface area contributed by atoms with Crippen LogP contribution in [0.5, 0.6) is 0 Å². The number of thioether (sulfide) groups is 1. The van der Waals surface area contributed by atoms with E-state index in [-0.39, 0.29) is 11.6 Å². The fraction of sp³-hybridized carbons (Fsp3) is 0.176. The second kappa shape index (κ2) is 9.33.